The first-order chi connectivity index (χ1) is 10.4. The average Bonchev–Trinajstić information content (AvgIpc) is 2.88. The lowest BCUT2D eigenvalue weighted by Gasteiger charge is -2.21. The summed E-state index contributed by atoms with van der Waals surface area (Å²) in [4.78, 5) is 30.0. The second-order valence-electron chi connectivity index (χ2n) is 6.29. The summed E-state index contributed by atoms with van der Waals surface area (Å²) in [5, 5.41) is 3.01. The molecule has 1 aromatic rings. The number of aryl methyl sites for hydroxylation is 1. The van der Waals surface area contributed by atoms with Crippen LogP contribution < -0.4 is 5.32 Å². The summed E-state index contributed by atoms with van der Waals surface area (Å²) < 4.78 is 0. The molecule has 0 radical (unpaired) electrons. The normalized spacial score (nSPS) is 17.2. The molecule has 1 aliphatic rings. The minimum absolute atomic E-state index is 0.0339. The number of amides is 2. The highest BCUT2D eigenvalue weighted by atomic mass is 32.1. The number of hydrogen-bond donors (Lipinski definition) is 1. The number of rotatable bonds is 5. The molecule has 0 saturated carbocycles. The molecule has 0 saturated heterocycles. The molecule has 2 rings (SSSR count). The van der Waals surface area contributed by atoms with E-state index in [9.17, 15) is 9.59 Å². The third kappa shape index (κ3) is 4.08. The lowest BCUT2D eigenvalue weighted by atomic mass is 9.88. The van der Waals surface area contributed by atoms with Gasteiger partial charge in [-0.25, -0.2) is 0 Å². The Morgan fingerprint density at radius 2 is 2.05 bits per heavy atom. The standard InChI is InChI=1S/C16H25N3O2S/c1-18(2)8-7-17-15(20)11-5-6-13-12(9-11)10-14(22-13)16(21)19(3)4/h10-11H,5-9H2,1-4H3,(H,17,20)/t11-/m0/s1. The van der Waals surface area contributed by atoms with Crippen molar-refractivity contribution in [2.45, 2.75) is 19.3 Å². The Morgan fingerprint density at radius 3 is 2.68 bits per heavy atom. The van der Waals surface area contributed by atoms with Crippen LogP contribution in [0.1, 0.15) is 26.5 Å². The molecule has 22 heavy (non-hydrogen) atoms. The maximum Gasteiger partial charge on any atom is 0.263 e. The van der Waals surface area contributed by atoms with Crippen molar-refractivity contribution in [1.82, 2.24) is 15.1 Å². The van der Waals surface area contributed by atoms with Crippen LogP contribution in [0, 0.1) is 5.92 Å². The summed E-state index contributed by atoms with van der Waals surface area (Å²) in [6, 6.07) is 1.97. The van der Waals surface area contributed by atoms with E-state index in [4.69, 9.17) is 0 Å². The van der Waals surface area contributed by atoms with Gasteiger partial charge >= 0.3 is 0 Å². The second kappa shape index (κ2) is 7.24. The Bertz CT molecular complexity index is 552. The Labute approximate surface area is 136 Å². The van der Waals surface area contributed by atoms with Gasteiger partial charge in [0.2, 0.25) is 5.91 Å². The van der Waals surface area contributed by atoms with E-state index in [1.54, 1.807) is 30.3 Å². The zero-order chi connectivity index (χ0) is 16.3. The lowest BCUT2D eigenvalue weighted by Crippen LogP contribution is -2.37. The molecule has 0 unspecified atom stereocenters. The van der Waals surface area contributed by atoms with E-state index in [-0.39, 0.29) is 17.7 Å². The summed E-state index contributed by atoms with van der Waals surface area (Å²) in [7, 11) is 7.52. The molecule has 122 valence electrons. The Kier molecular flexibility index (Phi) is 5.58. The first-order valence-corrected chi connectivity index (χ1v) is 8.45. The minimum atomic E-state index is 0.0339. The van der Waals surface area contributed by atoms with Crippen LogP contribution in [-0.4, -0.2) is 62.9 Å². The molecule has 1 atom stereocenters. The lowest BCUT2D eigenvalue weighted by molar-refractivity contribution is -0.125. The molecule has 0 spiro atoms. The van der Waals surface area contributed by atoms with Gasteiger partial charge in [0.15, 0.2) is 0 Å². The zero-order valence-corrected chi connectivity index (χ0v) is 14.6. The number of nitrogens with zero attached hydrogens (tertiary/aromatic N) is 2. The van der Waals surface area contributed by atoms with E-state index in [2.05, 4.69) is 10.2 Å². The Morgan fingerprint density at radius 1 is 1.32 bits per heavy atom. The number of thiophene rings is 1. The number of nitrogens with one attached hydrogen (secondary N) is 1. The van der Waals surface area contributed by atoms with E-state index in [0.29, 0.717) is 6.54 Å². The highest BCUT2D eigenvalue weighted by Gasteiger charge is 2.27. The van der Waals surface area contributed by atoms with Crippen molar-refractivity contribution in [3.8, 4) is 0 Å². The third-order valence-electron chi connectivity index (χ3n) is 3.93. The topological polar surface area (TPSA) is 52.7 Å². The predicted molar refractivity (Wildman–Crippen MR) is 89.4 cm³/mol. The van der Waals surface area contributed by atoms with Crippen LogP contribution in [0.3, 0.4) is 0 Å². The van der Waals surface area contributed by atoms with Gasteiger partial charge in [0.25, 0.3) is 5.91 Å². The fourth-order valence-corrected chi connectivity index (χ4v) is 3.85. The first kappa shape index (κ1) is 17.0. The van der Waals surface area contributed by atoms with E-state index in [1.807, 2.05) is 20.2 Å². The Hall–Kier alpha value is -1.40. The van der Waals surface area contributed by atoms with Crippen molar-refractivity contribution < 1.29 is 9.59 Å². The molecule has 1 heterocycles. The minimum Gasteiger partial charge on any atom is -0.355 e. The highest BCUT2D eigenvalue weighted by Crippen LogP contribution is 2.32. The van der Waals surface area contributed by atoms with Crippen molar-refractivity contribution in [1.29, 1.82) is 0 Å². The van der Waals surface area contributed by atoms with Crippen LogP contribution >= 0.6 is 11.3 Å². The van der Waals surface area contributed by atoms with E-state index in [0.717, 1.165) is 30.7 Å². The third-order valence-corrected chi connectivity index (χ3v) is 5.15. The quantitative estimate of drug-likeness (QED) is 0.887. The van der Waals surface area contributed by atoms with Crippen molar-refractivity contribution in [2.24, 2.45) is 5.92 Å². The summed E-state index contributed by atoms with van der Waals surface area (Å²) in [6.45, 7) is 1.53. The molecule has 0 aliphatic heterocycles. The number of likely N-dealkylation sites (N-methyl/N-ethyl adjacent to an activating group) is 1. The maximum absolute atomic E-state index is 12.2. The van der Waals surface area contributed by atoms with Gasteiger partial charge in [-0.3, -0.25) is 9.59 Å². The van der Waals surface area contributed by atoms with Crippen molar-refractivity contribution >= 4 is 23.2 Å². The summed E-state index contributed by atoms with van der Waals surface area (Å²) in [5.74, 6) is 0.220. The summed E-state index contributed by atoms with van der Waals surface area (Å²) >= 11 is 1.58. The van der Waals surface area contributed by atoms with Crippen LogP contribution in [0.4, 0.5) is 0 Å². The fraction of sp³-hybridized carbons (Fsp3) is 0.625. The molecule has 0 aromatic carbocycles. The smallest absolute Gasteiger partial charge is 0.263 e. The van der Waals surface area contributed by atoms with Gasteiger partial charge in [0, 0.05) is 38.0 Å². The molecule has 1 aliphatic carbocycles. The number of hydrogen-bond acceptors (Lipinski definition) is 4. The van der Waals surface area contributed by atoms with E-state index < -0.39 is 0 Å². The molecule has 0 fully saturated rings. The SMILES string of the molecule is CN(C)CCNC(=O)[C@H]1CCc2sc(C(=O)N(C)C)cc2C1. The summed E-state index contributed by atoms with van der Waals surface area (Å²) in [5.41, 5.74) is 1.18. The number of carbonyl (C=O) groups is 2. The first-order valence-electron chi connectivity index (χ1n) is 7.64. The van der Waals surface area contributed by atoms with Crippen LogP contribution in [0.5, 0.6) is 0 Å². The van der Waals surface area contributed by atoms with Gasteiger partial charge < -0.3 is 15.1 Å². The van der Waals surface area contributed by atoms with Crippen molar-refractivity contribution in [2.75, 3.05) is 41.3 Å². The van der Waals surface area contributed by atoms with E-state index >= 15 is 0 Å². The second-order valence-corrected chi connectivity index (χ2v) is 7.43. The molecule has 2 amide bonds. The van der Waals surface area contributed by atoms with Gasteiger partial charge in [-0.1, -0.05) is 0 Å². The summed E-state index contributed by atoms with van der Waals surface area (Å²) in [6.07, 6.45) is 2.52. The monoisotopic (exact) mass is 323 g/mol. The predicted octanol–water partition coefficient (Wildman–Crippen LogP) is 1.23. The highest BCUT2D eigenvalue weighted by molar-refractivity contribution is 7.14. The van der Waals surface area contributed by atoms with Crippen LogP contribution in [0.2, 0.25) is 0 Å². The van der Waals surface area contributed by atoms with Gasteiger partial charge in [-0.2, -0.15) is 0 Å². The van der Waals surface area contributed by atoms with Gasteiger partial charge in [-0.15, -0.1) is 11.3 Å². The number of carbonyl (C=O) groups excluding carboxylic acids is 2. The van der Waals surface area contributed by atoms with Crippen LogP contribution in [0.15, 0.2) is 6.07 Å². The molecular formula is C16H25N3O2S. The molecule has 6 heteroatoms. The van der Waals surface area contributed by atoms with Crippen molar-refractivity contribution in [3.63, 3.8) is 0 Å². The van der Waals surface area contributed by atoms with Gasteiger partial charge in [0.05, 0.1) is 4.88 Å². The average molecular weight is 323 g/mol. The molecule has 1 aromatic heterocycles. The molecule has 1 N–H and O–H groups in total. The molecule has 0 bridgehead atoms. The molecule has 5 nitrogen and oxygen atoms in total. The maximum atomic E-state index is 12.2. The van der Waals surface area contributed by atoms with Gasteiger partial charge in [0.1, 0.15) is 0 Å². The van der Waals surface area contributed by atoms with Crippen molar-refractivity contribution in [3.05, 3.63) is 21.4 Å². The largest absolute Gasteiger partial charge is 0.355 e. The number of fused-ring (bicyclic) bond motifs is 1. The zero-order valence-electron chi connectivity index (χ0n) is 13.8. The van der Waals surface area contributed by atoms with Gasteiger partial charge in [-0.05, 0) is 45.0 Å². The van der Waals surface area contributed by atoms with Crippen LogP contribution in [0.25, 0.3) is 0 Å². The fourth-order valence-electron chi connectivity index (χ4n) is 2.62. The molecular weight excluding hydrogens is 298 g/mol. The van der Waals surface area contributed by atoms with E-state index in [1.165, 1.54) is 10.4 Å². The van der Waals surface area contributed by atoms with Crippen LogP contribution in [-0.2, 0) is 17.6 Å². The Balaban J connectivity index is 1.96.